The number of furan rings is 1. The minimum absolute atomic E-state index is 0.0400. The van der Waals surface area contributed by atoms with Gasteiger partial charge in [0.05, 0.1) is 25.7 Å². The molecule has 0 amide bonds. The second-order valence-electron chi connectivity index (χ2n) is 12.3. The number of ether oxygens (including phenoxy) is 2. The maximum absolute atomic E-state index is 13.9. The number of methoxy groups -OCH3 is 1. The summed E-state index contributed by atoms with van der Waals surface area (Å²) in [4.78, 5) is 39.3. The largest absolute Gasteiger partial charge is 0.472 e. The summed E-state index contributed by atoms with van der Waals surface area (Å²) in [5.74, 6) is -2.86. The first-order chi connectivity index (χ1) is 16.4. The number of ketones is 1. The van der Waals surface area contributed by atoms with Crippen LogP contribution < -0.4 is 0 Å². The predicted molar refractivity (Wildman–Crippen MR) is 122 cm³/mol. The number of aliphatic hydroxyl groups is 2. The highest BCUT2D eigenvalue weighted by Crippen LogP contribution is 2.69. The molecule has 8 nitrogen and oxygen atoms in total. The smallest absolute Gasteiger partial charge is 0.335 e. The third kappa shape index (κ3) is 3.14. The fourth-order valence-corrected chi connectivity index (χ4v) is 8.89. The van der Waals surface area contributed by atoms with Crippen LogP contribution in [0.25, 0.3) is 0 Å². The van der Waals surface area contributed by atoms with Crippen molar-refractivity contribution in [3.63, 3.8) is 0 Å². The number of hydrogen-bond acceptors (Lipinski definition) is 8. The van der Waals surface area contributed by atoms with E-state index >= 15 is 0 Å². The van der Waals surface area contributed by atoms with Crippen molar-refractivity contribution in [3.8, 4) is 0 Å². The van der Waals surface area contributed by atoms with Gasteiger partial charge in [-0.15, -0.1) is 0 Å². The summed E-state index contributed by atoms with van der Waals surface area (Å²) in [7, 11) is 1.21. The van der Waals surface area contributed by atoms with Crippen LogP contribution in [0, 0.1) is 45.8 Å². The molecule has 0 aromatic carbocycles. The maximum atomic E-state index is 13.9. The molecule has 0 unspecified atom stereocenters. The average molecular weight is 489 g/mol. The molecule has 2 heterocycles. The lowest BCUT2D eigenvalue weighted by Crippen LogP contribution is -2.71. The summed E-state index contributed by atoms with van der Waals surface area (Å²) in [6.07, 6.45) is 2.31. The van der Waals surface area contributed by atoms with Crippen molar-refractivity contribution in [2.75, 3.05) is 7.11 Å². The minimum Gasteiger partial charge on any atom is -0.472 e. The Bertz CT molecular complexity index is 1030. The average Bonchev–Trinajstić information content (AvgIpc) is 3.34. The fourth-order valence-electron chi connectivity index (χ4n) is 8.89. The molecule has 3 aliphatic carbocycles. The highest BCUT2D eigenvalue weighted by atomic mass is 16.5. The molecule has 35 heavy (non-hydrogen) atoms. The molecule has 5 rings (SSSR count). The molecule has 2 bridgehead atoms. The fraction of sp³-hybridized carbons (Fsp3) is 0.741. The van der Waals surface area contributed by atoms with Gasteiger partial charge < -0.3 is 24.1 Å². The van der Waals surface area contributed by atoms with Gasteiger partial charge in [-0.25, -0.2) is 4.79 Å². The Morgan fingerprint density at radius 2 is 1.91 bits per heavy atom. The lowest BCUT2D eigenvalue weighted by atomic mass is 9.37. The zero-order valence-electron chi connectivity index (χ0n) is 21.0. The Hall–Kier alpha value is -2.19. The van der Waals surface area contributed by atoms with E-state index in [2.05, 4.69) is 6.92 Å². The van der Waals surface area contributed by atoms with Gasteiger partial charge in [0.2, 0.25) is 0 Å². The number of Topliss-reactive ketones (excluding diaryl/α,β-unsaturated/α-hetero) is 1. The van der Waals surface area contributed by atoms with Gasteiger partial charge in [-0.1, -0.05) is 27.7 Å². The SMILES string of the molecule is COC(=O)[C@H](O)[C@H]1C(C)(C)[C@H](O)[C@@H]2C[C@H]3[C@@H]4CC(=O)O[C@@H](c5ccoc5)[C@]4(C)CC[C@@H]3[C@@]1(C)C2=O. The Labute approximate surface area is 205 Å². The third-order valence-corrected chi connectivity index (χ3v) is 10.5. The maximum Gasteiger partial charge on any atom is 0.335 e. The van der Waals surface area contributed by atoms with Gasteiger partial charge >= 0.3 is 11.9 Å². The summed E-state index contributed by atoms with van der Waals surface area (Å²) in [5.41, 5.74) is -1.47. The van der Waals surface area contributed by atoms with Crippen molar-refractivity contribution >= 4 is 17.7 Å². The van der Waals surface area contributed by atoms with Crippen molar-refractivity contribution in [1.29, 1.82) is 0 Å². The van der Waals surface area contributed by atoms with Crippen molar-refractivity contribution in [2.45, 2.75) is 71.7 Å². The van der Waals surface area contributed by atoms with E-state index in [0.29, 0.717) is 12.8 Å². The molecule has 1 aromatic rings. The number of carbonyl (C=O) groups excluding carboxylic acids is 3. The van der Waals surface area contributed by atoms with Crippen LogP contribution in [0.15, 0.2) is 23.0 Å². The Morgan fingerprint density at radius 3 is 2.54 bits per heavy atom. The molecule has 192 valence electrons. The number of esters is 2. The van der Waals surface area contributed by atoms with E-state index in [1.165, 1.54) is 7.11 Å². The molecule has 4 aliphatic rings. The summed E-state index contributed by atoms with van der Waals surface area (Å²) >= 11 is 0. The van der Waals surface area contributed by atoms with Crippen molar-refractivity contribution in [3.05, 3.63) is 24.2 Å². The topological polar surface area (TPSA) is 123 Å². The molecule has 1 saturated heterocycles. The van der Waals surface area contributed by atoms with Crippen molar-refractivity contribution in [1.82, 2.24) is 0 Å². The number of fused-ring (bicyclic) bond motifs is 6. The molecular weight excluding hydrogens is 452 g/mol. The van der Waals surface area contributed by atoms with Crippen LogP contribution in [0.5, 0.6) is 0 Å². The Morgan fingerprint density at radius 1 is 1.20 bits per heavy atom. The highest BCUT2D eigenvalue weighted by molar-refractivity contribution is 5.91. The van der Waals surface area contributed by atoms with E-state index in [4.69, 9.17) is 13.9 Å². The minimum atomic E-state index is -1.54. The van der Waals surface area contributed by atoms with E-state index in [0.717, 1.165) is 12.0 Å². The van der Waals surface area contributed by atoms with Crippen LogP contribution in [-0.4, -0.2) is 47.3 Å². The van der Waals surface area contributed by atoms with Gasteiger partial charge in [0.1, 0.15) is 11.9 Å². The highest BCUT2D eigenvalue weighted by Gasteiger charge is 2.71. The Kier molecular flexibility index (Phi) is 5.53. The van der Waals surface area contributed by atoms with Crippen LogP contribution in [0.1, 0.15) is 65.0 Å². The first-order valence-corrected chi connectivity index (χ1v) is 12.6. The zero-order chi connectivity index (χ0) is 25.5. The molecular formula is C27H36O8. The second-order valence-corrected chi connectivity index (χ2v) is 12.3. The van der Waals surface area contributed by atoms with E-state index < -0.39 is 46.9 Å². The van der Waals surface area contributed by atoms with Gasteiger partial charge in [-0.05, 0) is 48.5 Å². The summed E-state index contributed by atoms with van der Waals surface area (Å²) in [6.45, 7) is 7.66. The first kappa shape index (κ1) is 24.5. The molecule has 0 spiro atoms. The Balaban J connectivity index is 1.61. The third-order valence-electron chi connectivity index (χ3n) is 10.5. The van der Waals surface area contributed by atoms with Crippen LogP contribution in [-0.2, 0) is 23.9 Å². The van der Waals surface area contributed by atoms with Gasteiger partial charge in [-0.2, -0.15) is 0 Å². The van der Waals surface area contributed by atoms with E-state index in [9.17, 15) is 24.6 Å². The lowest BCUT2D eigenvalue weighted by molar-refractivity contribution is -0.237. The molecule has 4 fully saturated rings. The summed E-state index contributed by atoms with van der Waals surface area (Å²) < 4.78 is 16.0. The van der Waals surface area contributed by atoms with Crippen LogP contribution in [0.2, 0.25) is 0 Å². The number of hydrogen-bond donors (Lipinski definition) is 2. The van der Waals surface area contributed by atoms with Crippen LogP contribution >= 0.6 is 0 Å². The van der Waals surface area contributed by atoms with Crippen LogP contribution in [0.4, 0.5) is 0 Å². The predicted octanol–water partition coefficient (Wildman–Crippen LogP) is 3.06. The molecule has 10 atom stereocenters. The van der Waals surface area contributed by atoms with E-state index in [-0.39, 0.29) is 41.3 Å². The normalized spacial score (nSPS) is 45.1. The van der Waals surface area contributed by atoms with Crippen LogP contribution in [0.3, 0.4) is 0 Å². The molecule has 2 N–H and O–H groups in total. The van der Waals surface area contributed by atoms with E-state index in [1.54, 1.807) is 12.5 Å². The van der Waals surface area contributed by atoms with Gasteiger partial charge in [-0.3, -0.25) is 9.59 Å². The number of carbonyl (C=O) groups is 3. The zero-order valence-corrected chi connectivity index (χ0v) is 21.0. The summed E-state index contributed by atoms with van der Waals surface area (Å²) in [6, 6.07) is 1.83. The number of rotatable bonds is 3. The number of cyclic esters (lactones) is 1. The quantitative estimate of drug-likeness (QED) is 0.623. The summed E-state index contributed by atoms with van der Waals surface area (Å²) in [5, 5.41) is 22.6. The molecule has 3 saturated carbocycles. The molecule has 0 radical (unpaired) electrons. The van der Waals surface area contributed by atoms with E-state index in [1.807, 2.05) is 26.8 Å². The molecule has 8 heteroatoms. The standard InChI is InChI=1S/C27H36O8/c1-25(2)20(19(29)24(32)33-5)27(4)16-6-8-26(3)17(14(16)10-15(21(25)30)22(27)31)11-18(28)35-23(26)13-7-9-34-12-13/h7,9,12,14-17,19-21,23,29-30H,6,8,10-11H2,1-5H3/t14-,15+,16+,17+,19-,20+,21-,23+,26-,27-/m1/s1. The van der Waals surface area contributed by atoms with Gasteiger partial charge in [0, 0.05) is 34.7 Å². The lowest BCUT2D eigenvalue weighted by Gasteiger charge is -2.67. The monoisotopic (exact) mass is 488 g/mol. The molecule has 1 aliphatic heterocycles. The van der Waals surface area contributed by atoms with Gasteiger partial charge in [0.25, 0.3) is 0 Å². The van der Waals surface area contributed by atoms with Crippen molar-refractivity contribution < 1.29 is 38.5 Å². The number of aliphatic hydroxyl groups excluding tert-OH is 2. The molecule has 1 aromatic heterocycles. The first-order valence-electron chi connectivity index (χ1n) is 12.6. The second kappa shape index (κ2) is 7.90. The van der Waals surface area contributed by atoms with Gasteiger partial charge in [0.15, 0.2) is 6.10 Å². The van der Waals surface area contributed by atoms with Crippen molar-refractivity contribution in [2.24, 2.45) is 45.8 Å².